The van der Waals surface area contributed by atoms with Crippen LogP contribution in [0.4, 0.5) is 0 Å². The monoisotopic (exact) mass is 426 g/mol. The molecule has 8 heteroatoms. The van der Waals surface area contributed by atoms with E-state index in [9.17, 15) is 4.79 Å². The van der Waals surface area contributed by atoms with Gasteiger partial charge in [-0.2, -0.15) is 4.99 Å². The zero-order chi connectivity index (χ0) is 21.8. The van der Waals surface area contributed by atoms with Gasteiger partial charge in [0.25, 0.3) is 0 Å². The molecular formula is C23H34N6O2. The summed E-state index contributed by atoms with van der Waals surface area (Å²) in [6, 6.07) is 8.15. The van der Waals surface area contributed by atoms with Crippen molar-refractivity contribution in [3.63, 3.8) is 0 Å². The number of piperazine rings is 1. The number of carbonyl (C=O) groups excluding carboxylic acids is 1. The van der Waals surface area contributed by atoms with E-state index in [1.54, 1.807) is 0 Å². The molecule has 0 radical (unpaired) electrons. The van der Waals surface area contributed by atoms with Crippen LogP contribution in [0.5, 0.6) is 0 Å². The highest BCUT2D eigenvalue weighted by molar-refractivity contribution is 6.05. The summed E-state index contributed by atoms with van der Waals surface area (Å²) in [5.41, 5.74) is 8.73. The summed E-state index contributed by atoms with van der Waals surface area (Å²) in [6.45, 7) is 8.47. The minimum atomic E-state index is -0.607. The van der Waals surface area contributed by atoms with Crippen LogP contribution in [0.25, 0.3) is 0 Å². The Hall–Kier alpha value is -2.45. The fourth-order valence-electron chi connectivity index (χ4n) is 4.38. The van der Waals surface area contributed by atoms with E-state index in [4.69, 9.17) is 10.5 Å². The van der Waals surface area contributed by atoms with Gasteiger partial charge in [-0.25, -0.2) is 4.99 Å². The fraction of sp³-hybridized carbons (Fsp3) is 0.609. The molecule has 1 aromatic carbocycles. The number of hydrogen-bond donors (Lipinski definition) is 2. The highest BCUT2D eigenvalue weighted by Gasteiger charge is 2.41. The molecular weight excluding hydrogens is 392 g/mol. The Morgan fingerprint density at radius 3 is 2.71 bits per heavy atom. The van der Waals surface area contributed by atoms with Gasteiger partial charge >= 0.3 is 6.02 Å². The quantitative estimate of drug-likeness (QED) is 0.649. The lowest BCUT2D eigenvalue weighted by Gasteiger charge is -2.42. The van der Waals surface area contributed by atoms with E-state index in [0.717, 1.165) is 30.8 Å². The Labute approximate surface area is 184 Å². The molecule has 3 atom stereocenters. The fourth-order valence-corrected chi connectivity index (χ4v) is 4.38. The molecule has 0 spiro atoms. The Bertz CT molecular complexity index is 848. The lowest BCUT2D eigenvalue weighted by molar-refractivity contribution is -0.126. The normalized spacial score (nSPS) is 26.2. The molecule has 2 saturated heterocycles. The van der Waals surface area contributed by atoms with Crippen molar-refractivity contribution in [2.75, 3.05) is 19.7 Å². The van der Waals surface area contributed by atoms with E-state index in [2.05, 4.69) is 51.4 Å². The number of rotatable bonds is 7. The van der Waals surface area contributed by atoms with Crippen LogP contribution in [0.1, 0.15) is 50.7 Å². The Morgan fingerprint density at radius 2 is 1.97 bits per heavy atom. The van der Waals surface area contributed by atoms with Gasteiger partial charge in [0.1, 0.15) is 24.1 Å². The van der Waals surface area contributed by atoms with Crippen LogP contribution in [0.2, 0.25) is 0 Å². The molecule has 0 aliphatic carbocycles. The number of nitrogens with two attached hydrogens (primary N) is 1. The van der Waals surface area contributed by atoms with Gasteiger partial charge in [0.15, 0.2) is 0 Å². The van der Waals surface area contributed by atoms with Crippen molar-refractivity contribution in [2.24, 2.45) is 15.7 Å². The SMILES string of the molecule is CCCCOC1=NC(N)C2NC(=O)C(C)N(Cc3cccc(CN4CCCC4)c3)C2=N1. The van der Waals surface area contributed by atoms with Gasteiger partial charge in [-0.1, -0.05) is 37.6 Å². The number of aliphatic imine (C=N–C) groups is 2. The second-order valence-corrected chi connectivity index (χ2v) is 8.67. The molecule has 1 aromatic rings. The van der Waals surface area contributed by atoms with Gasteiger partial charge in [0.05, 0.1) is 6.61 Å². The number of fused-ring (bicyclic) bond motifs is 1. The topological polar surface area (TPSA) is 95.5 Å². The first-order chi connectivity index (χ1) is 15.0. The Kier molecular flexibility index (Phi) is 6.87. The summed E-state index contributed by atoms with van der Waals surface area (Å²) < 4.78 is 5.73. The minimum Gasteiger partial charge on any atom is -0.464 e. The van der Waals surface area contributed by atoms with Gasteiger partial charge in [-0.15, -0.1) is 0 Å². The predicted molar refractivity (Wildman–Crippen MR) is 122 cm³/mol. The summed E-state index contributed by atoms with van der Waals surface area (Å²) >= 11 is 0. The van der Waals surface area contributed by atoms with Crippen LogP contribution in [-0.4, -0.2) is 65.5 Å². The second kappa shape index (κ2) is 9.78. The second-order valence-electron chi connectivity index (χ2n) is 8.67. The maximum atomic E-state index is 12.6. The summed E-state index contributed by atoms with van der Waals surface area (Å²) in [6.07, 6.45) is 3.93. The Balaban J connectivity index is 1.53. The van der Waals surface area contributed by atoms with E-state index in [1.807, 2.05) is 11.8 Å². The number of carbonyl (C=O) groups is 1. The molecule has 0 bridgehead atoms. The largest absolute Gasteiger partial charge is 0.464 e. The maximum absolute atomic E-state index is 12.6. The van der Waals surface area contributed by atoms with Crippen molar-refractivity contribution in [3.05, 3.63) is 35.4 Å². The summed E-state index contributed by atoms with van der Waals surface area (Å²) in [5, 5.41) is 2.98. The molecule has 8 nitrogen and oxygen atoms in total. The zero-order valence-electron chi connectivity index (χ0n) is 18.6. The zero-order valence-corrected chi connectivity index (χ0v) is 18.6. The van der Waals surface area contributed by atoms with E-state index in [1.165, 1.54) is 31.5 Å². The lowest BCUT2D eigenvalue weighted by atomic mass is 10.0. The third-order valence-corrected chi connectivity index (χ3v) is 6.21. The van der Waals surface area contributed by atoms with Crippen LogP contribution in [0, 0.1) is 0 Å². The van der Waals surface area contributed by atoms with Crippen molar-refractivity contribution in [1.82, 2.24) is 15.1 Å². The van der Waals surface area contributed by atoms with Gasteiger partial charge in [-0.05, 0) is 50.4 Å². The first kappa shape index (κ1) is 21.8. The third-order valence-electron chi connectivity index (χ3n) is 6.21. The van der Waals surface area contributed by atoms with Crippen molar-refractivity contribution >= 4 is 17.8 Å². The molecule has 1 amide bonds. The predicted octanol–water partition coefficient (Wildman–Crippen LogP) is 1.84. The molecule has 2 fully saturated rings. The maximum Gasteiger partial charge on any atom is 0.315 e. The summed E-state index contributed by atoms with van der Waals surface area (Å²) in [7, 11) is 0. The van der Waals surface area contributed by atoms with Crippen molar-refractivity contribution in [3.8, 4) is 0 Å². The van der Waals surface area contributed by atoms with Crippen LogP contribution < -0.4 is 11.1 Å². The third kappa shape index (κ3) is 5.07. The lowest BCUT2D eigenvalue weighted by Crippen LogP contribution is -2.67. The van der Waals surface area contributed by atoms with Gasteiger partial charge in [0, 0.05) is 13.1 Å². The average molecular weight is 427 g/mol. The standard InChI is InChI=1S/C23H34N6O2/c1-3-4-12-31-23-26-20(24)19-21(27-23)29(16(2)22(30)25-19)15-18-9-7-8-17(13-18)14-28-10-5-6-11-28/h7-9,13,16,19-20H,3-6,10-12,14-15,24H2,1-2H3,(H,25,30). The molecule has 3 aliphatic rings. The Morgan fingerprint density at radius 1 is 1.23 bits per heavy atom. The molecule has 31 heavy (non-hydrogen) atoms. The number of nitrogens with zero attached hydrogens (tertiary/aromatic N) is 4. The van der Waals surface area contributed by atoms with Crippen molar-refractivity contribution in [2.45, 2.75) is 70.9 Å². The number of nitrogens with one attached hydrogen (secondary N) is 1. The molecule has 0 saturated carbocycles. The minimum absolute atomic E-state index is 0.0572. The van der Waals surface area contributed by atoms with E-state index >= 15 is 0 Å². The highest BCUT2D eigenvalue weighted by atomic mass is 16.5. The number of benzene rings is 1. The van der Waals surface area contributed by atoms with Crippen LogP contribution in [0.3, 0.4) is 0 Å². The highest BCUT2D eigenvalue weighted by Crippen LogP contribution is 2.21. The number of likely N-dealkylation sites (tertiary alicyclic amines) is 1. The average Bonchev–Trinajstić information content (AvgIpc) is 3.26. The summed E-state index contributed by atoms with van der Waals surface area (Å²) in [4.78, 5) is 26.2. The number of amides is 1. The molecule has 3 heterocycles. The molecule has 3 N–H and O–H groups in total. The number of unbranched alkanes of at least 4 members (excludes halogenated alkanes) is 1. The van der Waals surface area contributed by atoms with Crippen LogP contribution >= 0.6 is 0 Å². The van der Waals surface area contributed by atoms with Gasteiger partial charge < -0.3 is 20.7 Å². The van der Waals surface area contributed by atoms with Crippen LogP contribution in [-0.2, 0) is 22.6 Å². The van der Waals surface area contributed by atoms with Crippen molar-refractivity contribution < 1.29 is 9.53 Å². The van der Waals surface area contributed by atoms with Gasteiger partial charge in [0.2, 0.25) is 5.91 Å². The van der Waals surface area contributed by atoms with Gasteiger partial charge in [-0.3, -0.25) is 9.69 Å². The molecule has 0 aromatic heterocycles. The first-order valence-electron chi connectivity index (χ1n) is 11.5. The first-order valence-corrected chi connectivity index (χ1v) is 11.5. The molecule has 168 valence electrons. The number of amidine groups is 2. The van der Waals surface area contributed by atoms with E-state index in [0.29, 0.717) is 19.2 Å². The molecule has 3 unspecified atom stereocenters. The molecule has 3 aliphatic heterocycles. The van der Waals surface area contributed by atoms with Crippen molar-refractivity contribution in [1.29, 1.82) is 0 Å². The number of hydrogen-bond acceptors (Lipinski definition) is 7. The van der Waals surface area contributed by atoms with E-state index in [-0.39, 0.29) is 11.9 Å². The van der Waals surface area contributed by atoms with E-state index < -0.39 is 12.2 Å². The number of ether oxygens (including phenoxy) is 1. The smallest absolute Gasteiger partial charge is 0.315 e. The molecule has 4 rings (SSSR count). The van der Waals surface area contributed by atoms with Crippen LogP contribution in [0.15, 0.2) is 34.3 Å². The summed E-state index contributed by atoms with van der Waals surface area (Å²) in [5.74, 6) is 0.671.